The third-order valence-electron chi connectivity index (χ3n) is 3.94. The largest absolute Gasteiger partial charge is 0.338 e. The minimum atomic E-state index is -3.72. The number of aromatic amines is 2. The molecule has 0 saturated carbocycles. The van der Waals surface area contributed by atoms with Crippen LogP contribution in [0.3, 0.4) is 0 Å². The number of H-pyrrole nitrogens is 2. The van der Waals surface area contributed by atoms with Crippen LogP contribution in [0, 0.1) is 0 Å². The van der Waals surface area contributed by atoms with Crippen LogP contribution in [0.5, 0.6) is 0 Å². The van der Waals surface area contributed by atoms with E-state index in [4.69, 9.17) is 4.52 Å². The Hall–Kier alpha value is -3.31. The molecule has 0 aliphatic carbocycles. The second-order valence-electron chi connectivity index (χ2n) is 5.80. The number of aromatic nitrogens is 5. The first kappa shape index (κ1) is 17.1. The highest BCUT2D eigenvalue weighted by Gasteiger charge is 2.23. The lowest BCUT2D eigenvalue weighted by atomic mass is 10.2. The van der Waals surface area contributed by atoms with Gasteiger partial charge in [0.05, 0.1) is 17.6 Å². The molecule has 138 valence electrons. The molecule has 0 fully saturated rings. The van der Waals surface area contributed by atoms with Crippen molar-refractivity contribution in [2.75, 3.05) is 7.05 Å². The van der Waals surface area contributed by atoms with Gasteiger partial charge in [-0.15, -0.1) is 0 Å². The fourth-order valence-electron chi connectivity index (χ4n) is 2.56. The molecule has 0 radical (unpaired) electrons. The van der Waals surface area contributed by atoms with E-state index in [9.17, 15) is 13.2 Å². The van der Waals surface area contributed by atoms with E-state index in [1.807, 2.05) is 0 Å². The molecule has 11 heteroatoms. The van der Waals surface area contributed by atoms with Gasteiger partial charge in [-0.2, -0.15) is 9.29 Å². The van der Waals surface area contributed by atoms with E-state index in [-0.39, 0.29) is 23.0 Å². The van der Waals surface area contributed by atoms with Gasteiger partial charge < -0.3 is 14.5 Å². The van der Waals surface area contributed by atoms with Crippen LogP contribution < -0.4 is 5.69 Å². The Balaban J connectivity index is 1.57. The summed E-state index contributed by atoms with van der Waals surface area (Å²) >= 11 is 0. The standard InChI is InChI=1S/C16H14N6O4S/c1-22(27(24,25)11-3-2-6-17-8-11)9-14-20-15(21-26-14)10-4-5-12-13(7-10)19-16(23)18-12/h2-8H,9H2,1H3,(H2,18,19,23). The molecule has 0 saturated heterocycles. The highest BCUT2D eigenvalue weighted by atomic mass is 32.2. The molecule has 0 atom stereocenters. The molecular weight excluding hydrogens is 372 g/mol. The molecule has 27 heavy (non-hydrogen) atoms. The van der Waals surface area contributed by atoms with E-state index in [0.29, 0.717) is 22.4 Å². The van der Waals surface area contributed by atoms with Gasteiger partial charge in [0.1, 0.15) is 4.90 Å². The number of hydrogen-bond donors (Lipinski definition) is 2. The molecule has 0 spiro atoms. The molecule has 4 rings (SSSR count). The number of hydrogen-bond acceptors (Lipinski definition) is 7. The van der Waals surface area contributed by atoms with Crippen LogP contribution in [0.2, 0.25) is 0 Å². The van der Waals surface area contributed by atoms with Crippen molar-refractivity contribution < 1.29 is 12.9 Å². The SMILES string of the molecule is CN(Cc1nc(-c2ccc3[nH]c(=O)[nH]c3c2)no1)S(=O)(=O)c1cccnc1. The Morgan fingerprint density at radius 3 is 2.78 bits per heavy atom. The maximum atomic E-state index is 12.5. The Labute approximate surface area is 152 Å². The summed E-state index contributed by atoms with van der Waals surface area (Å²) in [5.74, 6) is 0.434. The van der Waals surface area contributed by atoms with E-state index in [0.717, 1.165) is 4.31 Å². The normalized spacial score (nSPS) is 12.1. The molecule has 0 bridgehead atoms. The number of pyridine rings is 1. The van der Waals surface area contributed by atoms with Crippen LogP contribution in [0.25, 0.3) is 22.4 Å². The van der Waals surface area contributed by atoms with Crippen LogP contribution in [0.1, 0.15) is 5.89 Å². The molecule has 3 aromatic heterocycles. The zero-order chi connectivity index (χ0) is 19.0. The Morgan fingerprint density at radius 1 is 1.19 bits per heavy atom. The first-order chi connectivity index (χ1) is 12.9. The van der Waals surface area contributed by atoms with E-state index >= 15 is 0 Å². The van der Waals surface area contributed by atoms with Gasteiger partial charge in [0.2, 0.25) is 21.7 Å². The number of nitrogens with zero attached hydrogens (tertiary/aromatic N) is 4. The highest BCUT2D eigenvalue weighted by molar-refractivity contribution is 7.89. The number of fused-ring (bicyclic) bond motifs is 1. The summed E-state index contributed by atoms with van der Waals surface area (Å²) in [6, 6.07) is 8.17. The highest BCUT2D eigenvalue weighted by Crippen LogP contribution is 2.21. The van der Waals surface area contributed by atoms with Crippen LogP contribution >= 0.6 is 0 Å². The number of imidazole rings is 1. The lowest BCUT2D eigenvalue weighted by molar-refractivity contribution is 0.336. The molecule has 4 aromatic rings. The maximum absolute atomic E-state index is 12.5. The smallest absolute Gasteiger partial charge is 0.323 e. The second kappa shape index (κ2) is 6.45. The molecule has 2 N–H and O–H groups in total. The average Bonchev–Trinajstić information content (AvgIpc) is 3.27. The summed E-state index contributed by atoms with van der Waals surface area (Å²) in [7, 11) is -2.30. The summed E-state index contributed by atoms with van der Waals surface area (Å²) < 4.78 is 31.3. The molecule has 1 aromatic carbocycles. The van der Waals surface area contributed by atoms with E-state index in [1.165, 1.54) is 25.5 Å². The van der Waals surface area contributed by atoms with Gasteiger partial charge in [-0.1, -0.05) is 5.16 Å². The van der Waals surface area contributed by atoms with Crippen molar-refractivity contribution in [2.24, 2.45) is 0 Å². The van der Waals surface area contributed by atoms with Crippen molar-refractivity contribution in [3.8, 4) is 11.4 Å². The zero-order valence-electron chi connectivity index (χ0n) is 14.1. The van der Waals surface area contributed by atoms with Crippen molar-refractivity contribution in [3.05, 3.63) is 59.1 Å². The predicted octanol–water partition coefficient (Wildman–Crippen LogP) is 1.12. The lowest BCUT2D eigenvalue weighted by Crippen LogP contribution is -2.26. The lowest BCUT2D eigenvalue weighted by Gasteiger charge is -2.14. The van der Waals surface area contributed by atoms with Gasteiger partial charge in [0.25, 0.3) is 0 Å². The zero-order valence-corrected chi connectivity index (χ0v) is 14.9. The first-order valence-corrected chi connectivity index (χ1v) is 9.29. The molecule has 3 heterocycles. The summed E-state index contributed by atoms with van der Waals surface area (Å²) in [6.45, 7) is -0.0898. The Kier molecular flexibility index (Phi) is 4.09. The van der Waals surface area contributed by atoms with Gasteiger partial charge in [-0.25, -0.2) is 13.2 Å². The average molecular weight is 386 g/mol. The molecule has 0 aliphatic heterocycles. The van der Waals surface area contributed by atoms with Gasteiger partial charge in [0.15, 0.2) is 0 Å². The number of benzene rings is 1. The quantitative estimate of drug-likeness (QED) is 0.524. The van der Waals surface area contributed by atoms with Gasteiger partial charge in [-0.3, -0.25) is 4.98 Å². The summed E-state index contributed by atoms with van der Waals surface area (Å²) in [4.78, 5) is 24.8. The monoisotopic (exact) mass is 386 g/mol. The summed E-state index contributed by atoms with van der Waals surface area (Å²) in [5, 5.41) is 3.89. The summed E-state index contributed by atoms with van der Waals surface area (Å²) in [6.07, 6.45) is 2.77. The van der Waals surface area contributed by atoms with Crippen molar-refractivity contribution >= 4 is 21.1 Å². The van der Waals surface area contributed by atoms with Crippen molar-refractivity contribution in [3.63, 3.8) is 0 Å². The molecular formula is C16H14N6O4S. The van der Waals surface area contributed by atoms with Gasteiger partial charge >= 0.3 is 5.69 Å². The number of rotatable bonds is 5. The maximum Gasteiger partial charge on any atom is 0.323 e. The third kappa shape index (κ3) is 3.25. The van der Waals surface area contributed by atoms with Gasteiger partial charge in [-0.05, 0) is 30.3 Å². The predicted molar refractivity (Wildman–Crippen MR) is 95.1 cm³/mol. The Bertz CT molecular complexity index is 1260. The van der Waals surface area contributed by atoms with Crippen LogP contribution in [0.15, 0.2) is 56.9 Å². The fourth-order valence-corrected chi connectivity index (χ4v) is 3.65. The fraction of sp³-hybridized carbons (Fsp3) is 0.125. The topological polar surface area (TPSA) is 138 Å². The van der Waals surface area contributed by atoms with Crippen LogP contribution in [-0.2, 0) is 16.6 Å². The first-order valence-electron chi connectivity index (χ1n) is 7.85. The number of nitrogens with one attached hydrogen (secondary N) is 2. The van der Waals surface area contributed by atoms with E-state index in [1.54, 1.807) is 24.3 Å². The van der Waals surface area contributed by atoms with E-state index in [2.05, 4.69) is 25.1 Å². The van der Waals surface area contributed by atoms with Crippen LogP contribution in [0.4, 0.5) is 0 Å². The van der Waals surface area contributed by atoms with E-state index < -0.39 is 10.0 Å². The summed E-state index contributed by atoms with van der Waals surface area (Å²) in [5.41, 5.74) is 1.60. The third-order valence-corrected chi connectivity index (χ3v) is 5.73. The van der Waals surface area contributed by atoms with Crippen molar-refractivity contribution in [1.29, 1.82) is 0 Å². The molecule has 10 nitrogen and oxygen atoms in total. The Morgan fingerprint density at radius 2 is 2.00 bits per heavy atom. The van der Waals surface area contributed by atoms with Gasteiger partial charge in [0, 0.05) is 25.0 Å². The molecule has 0 amide bonds. The van der Waals surface area contributed by atoms with Crippen molar-refractivity contribution in [2.45, 2.75) is 11.4 Å². The van der Waals surface area contributed by atoms with Crippen molar-refractivity contribution in [1.82, 2.24) is 29.4 Å². The second-order valence-corrected chi connectivity index (χ2v) is 7.85. The van der Waals surface area contributed by atoms with Crippen LogP contribution in [-0.4, -0.2) is 44.9 Å². The molecule has 0 unspecified atom stereocenters. The minimum absolute atomic E-state index is 0.0779. The molecule has 0 aliphatic rings. The minimum Gasteiger partial charge on any atom is -0.338 e. The number of sulfonamides is 1.